The first-order valence-electron chi connectivity index (χ1n) is 9.64. The molecule has 1 fully saturated rings. The molecule has 27 heavy (non-hydrogen) atoms. The van der Waals surface area contributed by atoms with Crippen molar-refractivity contribution in [3.63, 3.8) is 0 Å². The molecule has 2 aliphatic rings. The minimum Gasteiger partial charge on any atom is -0.338 e. The topological polar surface area (TPSA) is 52.7 Å². The second-order valence-corrected chi connectivity index (χ2v) is 7.28. The first-order chi connectivity index (χ1) is 13.2. The predicted molar refractivity (Wildman–Crippen MR) is 105 cm³/mol. The van der Waals surface area contributed by atoms with E-state index in [9.17, 15) is 9.59 Å². The van der Waals surface area contributed by atoms with Crippen molar-refractivity contribution in [3.05, 3.63) is 65.7 Å². The molecule has 0 bridgehead atoms. The number of rotatable bonds is 5. The van der Waals surface area contributed by atoms with E-state index in [0.717, 1.165) is 18.7 Å². The molecule has 0 aromatic heterocycles. The second kappa shape index (κ2) is 7.92. The van der Waals surface area contributed by atoms with Crippen molar-refractivity contribution in [3.8, 4) is 0 Å². The van der Waals surface area contributed by atoms with Crippen molar-refractivity contribution < 1.29 is 9.59 Å². The van der Waals surface area contributed by atoms with Crippen LogP contribution < -0.4 is 10.2 Å². The summed E-state index contributed by atoms with van der Waals surface area (Å²) in [5.41, 5.74) is 3.55. The zero-order valence-corrected chi connectivity index (χ0v) is 15.4. The van der Waals surface area contributed by atoms with E-state index in [1.165, 1.54) is 11.1 Å². The van der Waals surface area contributed by atoms with E-state index in [2.05, 4.69) is 23.5 Å². The van der Waals surface area contributed by atoms with E-state index in [-0.39, 0.29) is 17.9 Å². The Morgan fingerprint density at radius 1 is 1.04 bits per heavy atom. The summed E-state index contributed by atoms with van der Waals surface area (Å²) in [6, 6.07) is 18.2. The zero-order valence-electron chi connectivity index (χ0n) is 15.4. The van der Waals surface area contributed by atoms with Gasteiger partial charge in [-0.15, -0.1) is 0 Å². The lowest BCUT2D eigenvalue weighted by Gasteiger charge is -2.29. The lowest BCUT2D eigenvalue weighted by atomic mass is 10.00. The van der Waals surface area contributed by atoms with Crippen molar-refractivity contribution in [2.45, 2.75) is 31.8 Å². The number of hydrogen-bond acceptors (Lipinski definition) is 3. The van der Waals surface area contributed by atoms with Gasteiger partial charge in [-0.25, -0.2) is 0 Å². The Morgan fingerprint density at radius 3 is 2.59 bits per heavy atom. The minimum atomic E-state index is 0.104. The maximum atomic E-state index is 12.5. The highest BCUT2D eigenvalue weighted by Gasteiger charge is 2.30. The molecule has 4 rings (SSSR count). The Labute approximate surface area is 160 Å². The van der Waals surface area contributed by atoms with Crippen LogP contribution in [0.3, 0.4) is 0 Å². The van der Waals surface area contributed by atoms with Crippen LogP contribution in [-0.4, -0.2) is 42.4 Å². The summed E-state index contributed by atoms with van der Waals surface area (Å²) < 4.78 is 0. The summed E-state index contributed by atoms with van der Waals surface area (Å²) in [6.07, 6.45) is 1.89. The summed E-state index contributed by atoms with van der Waals surface area (Å²) in [4.78, 5) is 28.6. The van der Waals surface area contributed by atoms with E-state index in [4.69, 9.17) is 0 Å². The number of benzene rings is 2. The van der Waals surface area contributed by atoms with Crippen LogP contribution in [0.15, 0.2) is 54.6 Å². The van der Waals surface area contributed by atoms with Gasteiger partial charge in [-0.1, -0.05) is 42.5 Å². The first-order valence-corrected chi connectivity index (χ1v) is 9.64. The molecule has 2 aromatic carbocycles. The SMILES string of the molecule is O=C(CCNC1CC(=O)N(c2ccccc2)C1)N1CCc2ccccc2C1. The van der Waals surface area contributed by atoms with Gasteiger partial charge >= 0.3 is 0 Å². The summed E-state index contributed by atoms with van der Waals surface area (Å²) in [6.45, 7) is 2.77. The summed E-state index contributed by atoms with van der Waals surface area (Å²) >= 11 is 0. The molecule has 5 heteroatoms. The Kier molecular flexibility index (Phi) is 5.21. The summed E-state index contributed by atoms with van der Waals surface area (Å²) in [5.74, 6) is 0.318. The molecule has 2 aromatic rings. The number of nitrogens with one attached hydrogen (secondary N) is 1. The van der Waals surface area contributed by atoms with Crippen LogP contribution in [0.2, 0.25) is 0 Å². The van der Waals surface area contributed by atoms with Crippen LogP contribution in [0.25, 0.3) is 0 Å². The maximum Gasteiger partial charge on any atom is 0.228 e. The fraction of sp³-hybridized carbons (Fsp3) is 0.364. The van der Waals surface area contributed by atoms with Crippen molar-refractivity contribution in [1.29, 1.82) is 0 Å². The number of nitrogens with zero attached hydrogens (tertiary/aromatic N) is 2. The van der Waals surface area contributed by atoms with Crippen molar-refractivity contribution >= 4 is 17.5 Å². The summed E-state index contributed by atoms with van der Waals surface area (Å²) in [7, 11) is 0. The Bertz CT molecular complexity index is 821. The molecule has 0 spiro atoms. The molecular weight excluding hydrogens is 338 g/mol. The molecule has 1 N–H and O–H groups in total. The van der Waals surface area contributed by atoms with E-state index in [1.54, 1.807) is 0 Å². The van der Waals surface area contributed by atoms with Crippen LogP contribution in [0, 0.1) is 0 Å². The third-order valence-electron chi connectivity index (χ3n) is 5.45. The largest absolute Gasteiger partial charge is 0.338 e. The number of carbonyl (C=O) groups excluding carboxylic acids is 2. The van der Waals surface area contributed by atoms with Gasteiger partial charge in [0.25, 0.3) is 0 Å². The van der Waals surface area contributed by atoms with Crippen LogP contribution in [0.4, 0.5) is 5.69 Å². The van der Waals surface area contributed by atoms with E-state index in [1.807, 2.05) is 46.2 Å². The van der Waals surface area contributed by atoms with Gasteiger partial charge in [0.1, 0.15) is 0 Å². The molecule has 1 unspecified atom stereocenters. The normalized spacial score (nSPS) is 19.3. The van der Waals surface area contributed by atoms with E-state index >= 15 is 0 Å². The lowest BCUT2D eigenvalue weighted by molar-refractivity contribution is -0.132. The number of carbonyl (C=O) groups is 2. The molecule has 2 heterocycles. The predicted octanol–water partition coefficient (Wildman–Crippen LogP) is 2.36. The fourth-order valence-corrected chi connectivity index (χ4v) is 3.95. The highest BCUT2D eigenvalue weighted by molar-refractivity contribution is 5.96. The zero-order chi connectivity index (χ0) is 18.6. The highest BCUT2D eigenvalue weighted by Crippen LogP contribution is 2.21. The van der Waals surface area contributed by atoms with Gasteiger partial charge in [-0.05, 0) is 29.7 Å². The number of fused-ring (bicyclic) bond motifs is 1. The van der Waals surface area contributed by atoms with Crippen molar-refractivity contribution in [2.75, 3.05) is 24.5 Å². The highest BCUT2D eigenvalue weighted by atomic mass is 16.2. The van der Waals surface area contributed by atoms with Crippen LogP contribution in [-0.2, 0) is 22.6 Å². The molecule has 1 saturated heterocycles. The van der Waals surface area contributed by atoms with E-state index < -0.39 is 0 Å². The standard InChI is InChI=1S/C22H25N3O2/c26-21(24-13-11-17-6-4-5-7-18(17)15-24)10-12-23-19-14-22(27)25(16-19)20-8-2-1-3-9-20/h1-9,19,23H,10-16H2. The summed E-state index contributed by atoms with van der Waals surface area (Å²) in [5, 5.41) is 3.39. The molecule has 0 aliphatic carbocycles. The molecular formula is C22H25N3O2. The van der Waals surface area contributed by atoms with Crippen LogP contribution in [0.5, 0.6) is 0 Å². The maximum absolute atomic E-state index is 12.5. The average Bonchev–Trinajstić information content (AvgIpc) is 3.08. The van der Waals surface area contributed by atoms with Gasteiger partial charge in [0, 0.05) is 50.7 Å². The third-order valence-corrected chi connectivity index (χ3v) is 5.45. The molecule has 140 valence electrons. The third kappa shape index (κ3) is 4.03. The Morgan fingerprint density at radius 2 is 1.78 bits per heavy atom. The van der Waals surface area contributed by atoms with Gasteiger partial charge in [0.2, 0.25) is 11.8 Å². The van der Waals surface area contributed by atoms with Crippen LogP contribution in [0.1, 0.15) is 24.0 Å². The van der Waals surface area contributed by atoms with Gasteiger partial charge in [0.05, 0.1) is 0 Å². The monoisotopic (exact) mass is 363 g/mol. The minimum absolute atomic E-state index is 0.104. The van der Waals surface area contributed by atoms with Gasteiger partial charge in [-0.2, -0.15) is 0 Å². The number of hydrogen-bond donors (Lipinski definition) is 1. The molecule has 1 atom stereocenters. The molecule has 2 amide bonds. The van der Waals surface area contributed by atoms with Crippen molar-refractivity contribution in [2.24, 2.45) is 0 Å². The molecule has 0 radical (unpaired) electrons. The fourth-order valence-electron chi connectivity index (χ4n) is 3.95. The Balaban J connectivity index is 1.25. The van der Waals surface area contributed by atoms with E-state index in [0.29, 0.717) is 32.5 Å². The smallest absolute Gasteiger partial charge is 0.228 e. The number of anilines is 1. The van der Waals surface area contributed by atoms with Gasteiger partial charge < -0.3 is 15.1 Å². The molecule has 5 nitrogen and oxygen atoms in total. The molecule has 0 saturated carbocycles. The van der Waals surface area contributed by atoms with Gasteiger partial charge in [0.15, 0.2) is 0 Å². The quantitative estimate of drug-likeness (QED) is 0.887. The Hall–Kier alpha value is -2.66. The second-order valence-electron chi connectivity index (χ2n) is 7.28. The number of para-hydroxylation sites is 1. The lowest BCUT2D eigenvalue weighted by Crippen LogP contribution is -2.39. The number of amides is 2. The average molecular weight is 363 g/mol. The van der Waals surface area contributed by atoms with Gasteiger partial charge in [-0.3, -0.25) is 9.59 Å². The first kappa shape index (κ1) is 17.7. The van der Waals surface area contributed by atoms with Crippen LogP contribution >= 0.6 is 0 Å². The van der Waals surface area contributed by atoms with Crippen molar-refractivity contribution in [1.82, 2.24) is 10.2 Å². The molecule has 2 aliphatic heterocycles.